The van der Waals surface area contributed by atoms with Gasteiger partial charge in [-0.2, -0.15) is 0 Å². The summed E-state index contributed by atoms with van der Waals surface area (Å²) in [4.78, 5) is 0. The summed E-state index contributed by atoms with van der Waals surface area (Å²) in [6.45, 7) is 6.68. The Morgan fingerprint density at radius 1 is 0.792 bits per heavy atom. The molecule has 1 N–H and O–H groups in total. The van der Waals surface area contributed by atoms with Crippen molar-refractivity contribution in [3.63, 3.8) is 0 Å². The van der Waals surface area contributed by atoms with Gasteiger partial charge in [-0.3, -0.25) is 0 Å². The molecule has 0 saturated heterocycles. The van der Waals surface area contributed by atoms with E-state index in [-0.39, 0.29) is 0 Å². The summed E-state index contributed by atoms with van der Waals surface area (Å²) in [5, 5.41) is 13.3. The van der Waals surface area contributed by atoms with E-state index in [0.717, 1.165) is 27.5 Å². The van der Waals surface area contributed by atoms with E-state index >= 15 is 0 Å². The first-order chi connectivity index (χ1) is 11.5. The fourth-order valence-electron chi connectivity index (χ4n) is 2.76. The van der Waals surface area contributed by atoms with Crippen LogP contribution >= 0.6 is 0 Å². The molecule has 0 saturated carbocycles. The number of rotatable bonds is 2. The predicted octanol–water partition coefficient (Wildman–Crippen LogP) is 5.15. The Bertz CT molecular complexity index is 920. The normalized spacial score (nSPS) is 12.5. The zero-order chi connectivity index (χ0) is 17.2. The van der Waals surface area contributed by atoms with Crippen molar-refractivity contribution in [3.8, 4) is 11.5 Å². The Kier molecular flexibility index (Phi) is 4.57. The highest BCUT2D eigenvalue weighted by Gasteiger charge is 2.16. The standard InChI is InChI=1S/C22H22OSi/c1-24(2,3)16-15-18-10-5-7-13-20(18)22(23)21-14-8-11-17-9-4-6-12-19(17)21/h4-14,22-23H,1-3H3. The van der Waals surface area contributed by atoms with E-state index < -0.39 is 14.2 Å². The van der Waals surface area contributed by atoms with E-state index in [1.165, 1.54) is 0 Å². The molecule has 1 unspecified atom stereocenters. The molecule has 0 radical (unpaired) electrons. The Balaban J connectivity index is 2.10. The molecule has 0 aliphatic carbocycles. The molecule has 3 rings (SSSR count). The lowest BCUT2D eigenvalue weighted by molar-refractivity contribution is 0.221. The average Bonchev–Trinajstić information content (AvgIpc) is 2.58. The van der Waals surface area contributed by atoms with Gasteiger partial charge in [-0.15, -0.1) is 5.54 Å². The van der Waals surface area contributed by atoms with Gasteiger partial charge in [0, 0.05) is 11.1 Å². The van der Waals surface area contributed by atoms with E-state index in [9.17, 15) is 5.11 Å². The van der Waals surface area contributed by atoms with Gasteiger partial charge in [0.15, 0.2) is 0 Å². The summed E-state index contributed by atoms with van der Waals surface area (Å²) >= 11 is 0. The fourth-order valence-corrected chi connectivity index (χ4v) is 3.27. The molecule has 0 spiro atoms. The second-order valence-corrected chi connectivity index (χ2v) is 11.8. The zero-order valence-corrected chi connectivity index (χ0v) is 15.4. The molecule has 0 fully saturated rings. The first-order valence-corrected chi connectivity index (χ1v) is 11.7. The van der Waals surface area contributed by atoms with Crippen molar-refractivity contribution in [1.29, 1.82) is 0 Å². The van der Waals surface area contributed by atoms with Crippen LogP contribution in [0.5, 0.6) is 0 Å². The number of hydrogen-bond acceptors (Lipinski definition) is 1. The van der Waals surface area contributed by atoms with Gasteiger partial charge in [-0.05, 0) is 22.4 Å². The molecule has 0 aliphatic heterocycles. The molecule has 0 heterocycles. The smallest absolute Gasteiger partial charge is 0.129 e. The monoisotopic (exact) mass is 330 g/mol. The summed E-state index contributed by atoms with van der Waals surface area (Å²) < 4.78 is 0. The van der Waals surface area contributed by atoms with Crippen molar-refractivity contribution < 1.29 is 5.11 Å². The second kappa shape index (κ2) is 6.65. The highest BCUT2D eigenvalue weighted by atomic mass is 28.3. The minimum absolute atomic E-state index is 0.678. The van der Waals surface area contributed by atoms with Gasteiger partial charge in [0.2, 0.25) is 0 Å². The van der Waals surface area contributed by atoms with E-state index in [1.807, 2.05) is 48.5 Å². The van der Waals surface area contributed by atoms with Gasteiger partial charge >= 0.3 is 0 Å². The third kappa shape index (κ3) is 3.59. The Labute approximate surface area is 145 Å². The Hall–Kier alpha value is -2.34. The number of aliphatic hydroxyl groups excluding tert-OH is 1. The van der Waals surface area contributed by atoms with Crippen molar-refractivity contribution in [1.82, 2.24) is 0 Å². The molecule has 3 aromatic carbocycles. The van der Waals surface area contributed by atoms with Crippen molar-refractivity contribution in [2.45, 2.75) is 25.7 Å². The molecule has 1 nitrogen and oxygen atoms in total. The molecular weight excluding hydrogens is 308 g/mol. The average molecular weight is 331 g/mol. The van der Waals surface area contributed by atoms with Gasteiger partial charge in [0.05, 0.1) is 0 Å². The SMILES string of the molecule is C[Si](C)(C)C#Cc1ccccc1C(O)c1cccc2ccccc12. The van der Waals surface area contributed by atoms with Crippen LogP contribution in [-0.4, -0.2) is 13.2 Å². The van der Waals surface area contributed by atoms with Gasteiger partial charge in [-0.25, -0.2) is 0 Å². The van der Waals surface area contributed by atoms with Gasteiger partial charge in [-0.1, -0.05) is 86.2 Å². The summed E-state index contributed by atoms with van der Waals surface area (Å²) in [5.41, 5.74) is 6.12. The highest BCUT2D eigenvalue weighted by molar-refractivity contribution is 6.83. The molecule has 0 bridgehead atoms. The van der Waals surface area contributed by atoms with Crippen molar-refractivity contribution >= 4 is 18.8 Å². The number of hydrogen-bond donors (Lipinski definition) is 1. The summed E-state index contributed by atoms with van der Waals surface area (Å²) in [6.07, 6.45) is -0.678. The van der Waals surface area contributed by atoms with Crippen LogP contribution in [0.15, 0.2) is 66.7 Å². The molecule has 24 heavy (non-hydrogen) atoms. The number of benzene rings is 3. The van der Waals surface area contributed by atoms with Crippen LogP contribution in [0.4, 0.5) is 0 Å². The largest absolute Gasteiger partial charge is 0.384 e. The van der Waals surface area contributed by atoms with Gasteiger partial charge < -0.3 is 5.11 Å². The van der Waals surface area contributed by atoms with E-state index in [0.29, 0.717) is 0 Å². The van der Waals surface area contributed by atoms with Crippen molar-refractivity contribution in [2.24, 2.45) is 0 Å². The lowest BCUT2D eigenvalue weighted by atomic mass is 9.93. The first-order valence-electron chi connectivity index (χ1n) is 8.23. The van der Waals surface area contributed by atoms with Crippen molar-refractivity contribution in [3.05, 3.63) is 83.4 Å². The Morgan fingerprint density at radius 2 is 1.42 bits per heavy atom. The topological polar surface area (TPSA) is 20.2 Å². The summed E-state index contributed by atoms with van der Waals surface area (Å²) in [5.74, 6) is 3.30. The number of fused-ring (bicyclic) bond motifs is 1. The van der Waals surface area contributed by atoms with Crippen LogP contribution in [0, 0.1) is 11.5 Å². The molecular formula is C22H22OSi. The minimum atomic E-state index is -1.46. The van der Waals surface area contributed by atoms with Gasteiger partial charge in [0.25, 0.3) is 0 Å². The quantitative estimate of drug-likeness (QED) is 0.509. The van der Waals surface area contributed by atoms with Gasteiger partial charge in [0.1, 0.15) is 14.2 Å². The predicted molar refractivity (Wildman–Crippen MR) is 105 cm³/mol. The second-order valence-electron chi connectivity index (χ2n) is 7.06. The minimum Gasteiger partial charge on any atom is -0.384 e. The maximum Gasteiger partial charge on any atom is 0.129 e. The first kappa shape index (κ1) is 16.5. The molecule has 0 amide bonds. The van der Waals surface area contributed by atoms with E-state index in [2.05, 4.69) is 49.3 Å². The highest BCUT2D eigenvalue weighted by Crippen LogP contribution is 2.30. The maximum atomic E-state index is 11.0. The molecule has 3 aromatic rings. The van der Waals surface area contributed by atoms with Crippen LogP contribution in [-0.2, 0) is 0 Å². The summed E-state index contributed by atoms with van der Waals surface area (Å²) in [6, 6.07) is 22.1. The Morgan fingerprint density at radius 3 is 2.21 bits per heavy atom. The lowest BCUT2D eigenvalue weighted by Gasteiger charge is -2.16. The molecule has 0 aromatic heterocycles. The lowest BCUT2D eigenvalue weighted by Crippen LogP contribution is -2.16. The van der Waals surface area contributed by atoms with Crippen LogP contribution in [0.2, 0.25) is 19.6 Å². The zero-order valence-electron chi connectivity index (χ0n) is 14.4. The van der Waals surface area contributed by atoms with Crippen LogP contribution < -0.4 is 0 Å². The summed E-state index contributed by atoms with van der Waals surface area (Å²) in [7, 11) is -1.46. The van der Waals surface area contributed by atoms with E-state index in [1.54, 1.807) is 0 Å². The van der Waals surface area contributed by atoms with Crippen LogP contribution in [0.3, 0.4) is 0 Å². The third-order valence-corrected chi connectivity index (χ3v) is 4.82. The third-order valence-electron chi connectivity index (χ3n) is 3.95. The maximum absolute atomic E-state index is 11.0. The van der Waals surface area contributed by atoms with E-state index in [4.69, 9.17) is 0 Å². The molecule has 2 heteroatoms. The molecule has 0 aliphatic rings. The van der Waals surface area contributed by atoms with Crippen molar-refractivity contribution in [2.75, 3.05) is 0 Å². The fraction of sp³-hybridized carbons (Fsp3) is 0.182. The van der Waals surface area contributed by atoms with Crippen LogP contribution in [0.1, 0.15) is 22.8 Å². The van der Waals surface area contributed by atoms with Crippen LogP contribution in [0.25, 0.3) is 10.8 Å². The molecule has 120 valence electrons. The number of aliphatic hydroxyl groups is 1. The molecule has 1 atom stereocenters.